The molecule has 74 valence electrons. The largest absolute Gasteiger partial charge is 0.315 e. The van der Waals surface area contributed by atoms with E-state index < -0.39 is 0 Å². The first-order valence-corrected chi connectivity index (χ1v) is 4.91. The number of benzene rings is 1. The van der Waals surface area contributed by atoms with Gasteiger partial charge in [-0.25, -0.2) is 9.37 Å². The number of hydrogen-bond donors (Lipinski definition) is 0. The second-order valence-corrected chi connectivity index (χ2v) is 3.50. The van der Waals surface area contributed by atoms with Gasteiger partial charge in [-0.1, -0.05) is 6.92 Å². The minimum atomic E-state index is -0.258. The van der Waals surface area contributed by atoms with E-state index in [0.717, 1.165) is 24.0 Å². The van der Waals surface area contributed by atoms with Gasteiger partial charge in [0.15, 0.2) is 0 Å². The van der Waals surface area contributed by atoms with Crippen molar-refractivity contribution in [3.05, 3.63) is 29.3 Å². The Morgan fingerprint density at radius 3 is 3.00 bits per heavy atom. The Labute approximate surface area is 86.3 Å². The molecule has 0 saturated heterocycles. The molecule has 0 saturated carbocycles. The molecule has 2 rings (SSSR count). The van der Waals surface area contributed by atoms with Crippen LogP contribution >= 0.6 is 11.6 Å². The highest BCUT2D eigenvalue weighted by Gasteiger charge is 2.08. The first-order valence-electron chi connectivity index (χ1n) is 4.53. The minimum absolute atomic E-state index is 0.258. The van der Waals surface area contributed by atoms with Crippen LogP contribution in [0.2, 0.25) is 5.28 Å². The molecule has 1 heterocycles. The monoisotopic (exact) mass is 212 g/mol. The molecule has 14 heavy (non-hydrogen) atoms. The molecule has 0 aliphatic rings. The molecule has 4 heteroatoms. The summed E-state index contributed by atoms with van der Waals surface area (Å²) in [5, 5.41) is 0.424. The summed E-state index contributed by atoms with van der Waals surface area (Å²) in [7, 11) is 0. The fraction of sp³-hybridized carbons (Fsp3) is 0.300. The van der Waals surface area contributed by atoms with Crippen molar-refractivity contribution in [3.63, 3.8) is 0 Å². The summed E-state index contributed by atoms with van der Waals surface area (Å²) in [6.45, 7) is 2.81. The molecular weight excluding hydrogens is 203 g/mol. The molecule has 0 atom stereocenters. The van der Waals surface area contributed by atoms with E-state index in [9.17, 15) is 4.39 Å². The molecule has 0 N–H and O–H groups in total. The lowest BCUT2D eigenvalue weighted by atomic mass is 10.3. The number of aromatic nitrogens is 2. The number of rotatable bonds is 2. The Morgan fingerprint density at radius 1 is 1.50 bits per heavy atom. The molecule has 1 aromatic carbocycles. The van der Waals surface area contributed by atoms with Gasteiger partial charge in [-0.05, 0) is 36.2 Å². The van der Waals surface area contributed by atoms with Crippen LogP contribution in [0.4, 0.5) is 4.39 Å². The summed E-state index contributed by atoms with van der Waals surface area (Å²) in [6.07, 6.45) is 0.946. The van der Waals surface area contributed by atoms with Gasteiger partial charge in [-0.2, -0.15) is 0 Å². The van der Waals surface area contributed by atoms with E-state index in [1.807, 2.05) is 11.5 Å². The summed E-state index contributed by atoms with van der Waals surface area (Å²) < 4.78 is 14.8. The van der Waals surface area contributed by atoms with Gasteiger partial charge in [-0.15, -0.1) is 0 Å². The minimum Gasteiger partial charge on any atom is -0.315 e. The van der Waals surface area contributed by atoms with Gasteiger partial charge in [0, 0.05) is 6.54 Å². The van der Waals surface area contributed by atoms with E-state index in [0.29, 0.717) is 5.28 Å². The van der Waals surface area contributed by atoms with Crippen LogP contribution in [-0.2, 0) is 6.54 Å². The van der Waals surface area contributed by atoms with Crippen molar-refractivity contribution < 1.29 is 4.39 Å². The second-order valence-electron chi connectivity index (χ2n) is 3.17. The molecule has 0 spiro atoms. The summed E-state index contributed by atoms with van der Waals surface area (Å²) in [4.78, 5) is 4.13. The van der Waals surface area contributed by atoms with Crippen LogP contribution in [-0.4, -0.2) is 9.55 Å². The van der Waals surface area contributed by atoms with E-state index in [1.165, 1.54) is 12.1 Å². The molecular formula is C10H10ClFN2. The van der Waals surface area contributed by atoms with Crippen LogP contribution in [0.25, 0.3) is 11.0 Å². The SMILES string of the molecule is CCCn1c(Cl)nc2ccc(F)cc21. The van der Waals surface area contributed by atoms with Crippen molar-refractivity contribution in [2.75, 3.05) is 0 Å². The van der Waals surface area contributed by atoms with Crippen LogP contribution < -0.4 is 0 Å². The predicted octanol–water partition coefficient (Wildman–Crippen LogP) is 3.24. The van der Waals surface area contributed by atoms with Crippen molar-refractivity contribution in [2.45, 2.75) is 19.9 Å². The smallest absolute Gasteiger partial charge is 0.203 e. The number of fused-ring (bicyclic) bond motifs is 1. The first kappa shape index (κ1) is 9.46. The lowest BCUT2D eigenvalue weighted by Gasteiger charge is -2.02. The standard InChI is InChI=1S/C10H10ClFN2/c1-2-5-14-9-6-7(12)3-4-8(9)13-10(14)11/h3-4,6H,2,5H2,1H3. The Kier molecular flexibility index (Phi) is 2.42. The zero-order valence-electron chi connectivity index (χ0n) is 7.80. The highest BCUT2D eigenvalue weighted by atomic mass is 35.5. The number of halogens is 2. The average Bonchev–Trinajstić information content (AvgIpc) is 2.45. The van der Waals surface area contributed by atoms with Gasteiger partial charge in [0.25, 0.3) is 0 Å². The molecule has 0 bridgehead atoms. The van der Waals surface area contributed by atoms with Crippen molar-refractivity contribution in [1.29, 1.82) is 0 Å². The van der Waals surface area contributed by atoms with Gasteiger partial charge in [0.1, 0.15) is 5.82 Å². The van der Waals surface area contributed by atoms with Gasteiger partial charge in [-0.3, -0.25) is 0 Å². The molecule has 0 amide bonds. The predicted molar refractivity (Wildman–Crippen MR) is 55.0 cm³/mol. The molecule has 0 aliphatic heterocycles. The Balaban J connectivity index is 2.66. The van der Waals surface area contributed by atoms with E-state index in [2.05, 4.69) is 4.98 Å². The van der Waals surface area contributed by atoms with E-state index in [-0.39, 0.29) is 5.82 Å². The van der Waals surface area contributed by atoms with Crippen molar-refractivity contribution >= 4 is 22.6 Å². The highest BCUT2D eigenvalue weighted by Crippen LogP contribution is 2.20. The fourth-order valence-electron chi connectivity index (χ4n) is 1.50. The summed E-state index contributed by atoms with van der Waals surface area (Å²) in [6, 6.07) is 4.49. The topological polar surface area (TPSA) is 17.8 Å². The summed E-state index contributed by atoms with van der Waals surface area (Å²) >= 11 is 5.93. The maximum absolute atomic E-state index is 13.0. The lowest BCUT2D eigenvalue weighted by molar-refractivity contribution is 0.627. The Hall–Kier alpha value is -1.09. The highest BCUT2D eigenvalue weighted by molar-refractivity contribution is 6.29. The first-order chi connectivity index (χ1) is 6.72. The van der Waals surface area contributed by atoms with Crippen molar-refractivity contribution in [3.8, 4) is 0 Å². The molecule has 0 fully saturated rings. The quantitative estimate of drug-likeness (QED) is 0.747. The number of hydrogen-bond acceptors (Lipinski definition) is 1. The number of nitrogens with zero attached hydrogens (tertiary/aromatic N) is 2. The van der Waals surface area contributed by atoms with Crippen molar-refractivity contribution in [1.82, 2.24) is 9.55 Å². The summed E-state index contributed by atoms with van der Waals surface area (Å²) in [5.41, 5.74) is 1.50. The van der Waals surface area contributed by atoms with Crippen LogP contribution in [0, 0.1) is 5.82 Å². The van der Waals surface area contributed by atoms with Crippen LogP contribution in [0.1, 0.15) is 13.3 Å². The molecule has 0 radical (unpaired) electrons. The van der Waals surface area contributed by atoms with Crippen LogP contribution in [0.5, 0.6) is 0 Å². The Bertz CT molecular complexity index is 464. The third kappa shape index (κ3) is 1.48. The molecule has 2 aromatic rings. The van der Waals surface area contributed by atoms with Gasteiger partial charge in [0.05, 0.1) is 11.0 Å². The molecule has 1 aromatic heterocycles. The van der Waals surface area contributed by atoms with Gasteiger partial charge >= 0.3 is 0 Å². The summed E-state index contributed by atoms with van der Waals surface area (Å²) in [5.74, 6) is -0.258. The average molecular weight is 213 g/mol. The maximum Gasteiger partial charge on any atom is 0.203 e. The van der Waals surface area contributed by atoms with Gasteiger partial charge < -0.3 is 4.57 Å². The lowest BCUT2D eigenvalue weighted by Crippen LogP contribution is -1.96. The Morgan fingerprint density at radius 2 is 2.29 bits per heavy atom. The number of imidazole rings is 1. The molecule has 2 nitrogen and oxygen atoms in total. The van der Waals surface area contributed by atoms with E-state index in [1.54, 1.807) is 6.07 Å². The normalized spacial score (nSPS) is 11.1. The second kappa shape index (κ2) is 3.58. The van der Waals surface area contributed by atoms with Crippen LogP contribution in [0.15, 0.2) is 18.2 Å². The zero-order chi connectivity index (χ0) is 10.1. The maximum atomic E-state index is 13.0. The van der Waals surface area contributed by atoms with Gasteiger partial charge in [0.2, 0.25) is 5.28 Å². The molecule has 0 aliphatic carbocycles. The zero-order valence-corrected chi connectivity index (χ0v) is 8.55. The number of aryl methyl sites for hydroxylation is 1. The third-order valence-corrected chi connectivity index (χ3v) is 2.40. The van der Waals surface area contributed by atoms with Crippen molar-refractivity contribution in [2.24, 2.45) is 0 Å². The van der Waals surface area contributed by atoms with E-state index >= 15 is 0 Å². The van der Waals surface area contributed by atoms with E-state index in [4.69, 9.17) is 11.6 Å². The molecule has 0 unspecified atom stereocenters. The third-order valence-electron chi connectivity index (χ3n) is 2.11. The fourth-order valence-corrected chi connectivity index (χ4v) is 1.77. The van der Waals surface area contributed by atoms with Crippen LogP contribution in [0.3, 0.4) is 0 Å².